The quantitative estimate of drug-likeness (QED) is 0.879. The highest BCUT2D eigenvalue weighted by Gasteiger charge is 2.32. The molecule has 18 heavy (non-hydrogen) atoms. The molecule has 98 valence electrons. The summed E-state index contributed by atoms with van der Waals surface area (Å²) in [5, 5.41) is 14.0. The van der Waals surface area contributed by atoms with Crippen LogP contribution in [0.1, 0.15) is 43.7 Å². The number of nitrogens with one attached hydrogen (secondary N) is 1. The standard InChI is InChI=1S/C15H21NOS/c17-15(8-3-4-9-15)11-16-13-7-10-18-14-6-2-1-5-12(13)14/h1-2,5-6,13,16-17H,3-4,7-11H2. The largest absolute Gasteiger partial charge is 0.389 e. The Hall–Kier alpha value is -0.510. The lowest BCUT2D eigenvalue weighted by atomic mass is 9.99. The molecule has 1 aromatic carbocycles. The van der Waals surface area contributed by atoms with Crippen molar-refractivity contribution in [1.82, 2.24) is 5.32 Å². The van der Waals surface area contributed by atoms with E-state index in [9.17, 15) is 5.11 Å². The molecular formula is C15H21NOS. The molecule has 2 aliphatic rings. The van der Waals surface area contributed by atoms with Crippen molar-refractivity contribution < 1.29 is 5.11 Å². The Labute approximate surface area is 113 Å². The van der Waals surface area contributed by atoms with Gasteiger partial charge in [0.15, 0.2) is 0 Å². The van der Waals surface area contributed by atoms with Gasteiger partial charge in [-0.2, -0.15) is 0 Å². The van der Waals surface area contributed by atoms with E-state index in [0.29, 0.717) is 6.04 Å². The highest BCUT2D eigenvalue weighted by Crippen LogP contribution is 2.36. The SMILES string of the molecule is OC1(CNC2CCSc3ccccc32)CCCC1. The molecule has 3 rings (SSSR count). The summed E-state index contributed by atoms with van der Waals surface area (Å²) in [4.78, 5) is 1.40. The van der Waals surface area contributed by atoms with Gasteiger partial charge in [0.25, 0.3) is 0 Å². The van der Waals surface area contributed by atoms with Crippen molar-refractivity contribution in [2.24, 2.45) is 0 Å². The Kier molecular flexibility index (Phi) is 3.64. The molecule has 0 saturated heterocycles. The molecule has 0 spiro atoms. The van der Waals surface area contributed by atoms with Crippen LogP contribution in [-0.2, 0) is 0 Å². The average Bonchev–Trinajstić information content (AvgIpc) is 2.84. The number of thioether (sulfide) groups is 1. The van der Waals surface area contributed by atoms with E-state index in [1.54, 1.807) is 0 Å². The molecule has 1 saturated carbocycles. The molecule has 3 heteroatoms. The Morgan fingerprint density at radius 1 is 1.28 bits per heavy atom. The van der Waals surface area contributed by atoms with Gasteiger partial charge in [-0.3, -0.25) is 0 Å². The van der Waals surface area contributed by atoms with Gasteiger partial charge in [0.2, 0.25) is 0 Å². The van der Waals surface area contributed by atoms with Gasteiger partial charge in [-0.1, -0.05) is 31.0 Å². The van der Waals surface area contributed by atoms with Crippen LogP contribution < -0.4 is 5.32 Å². The maximum Gasteiger partial charge on any atom is 0.0771 e. The first kappa shape index (κ1) is 12.5. The van der Waals surface area contributed by atoms with Crippen LogP contribution >= 0.6 is 11.8 Å². The van der Waals surface area contributed by atoms with Crippen molar-refractivity contribution in [1.29, 1.82) is 0 Å². The molecule has 0 aromatic heterocycles. The van der Waals surface area contributed by atoms with Crippen molar-refractivity contribution in [3.05, 3.63) is 29.8 Å². The van der Waals surface area contributed by atoms with E-state index in [0.717, 1.165) is 25.8 Å². The third-order valence-corrected chi connectivity index (χ3v) is 5.29. The zero-order valence-electron chi connectivity index (χ0n) is 10.7. The molecule has 0 bridgehead atoms. The maximum atomic E-state index is 10.4. The Bertz CT molecular complexity index is 415. The van der Waals surface area contributed by atoms with Crippen molar-refractivity contribution in [3.63, 3.8) is 0 Å². The first-order valence-corrected chi connectivity index (χ1v) is 7.93. The molecule has 1 atom stereocenters. The fourth-order valence-electron chi connectivity index (χ4n) is 3.08. The second kappa shape index (κ2) is 5.24. The third kappa shape index (κ3) is 2.58. The van der Waals surface area contributed by atoms with E-state index in [1.807, 2.05) is 11.8 Å². The highest BCUT2D eigenvalue weighted by molar-refractivity contribution is 7.99. The molecule has 1 unspecified atom stereocenters. The summed E-state index contributed by atoms with van der Waals surface area (Å²) in [5.74, 6) is 1.17. The summed E-state index contributed by atoms with van der Waals surface area (Å²) in [6.07, 6.45) is 5.44. The summed E-state index contributed by atoms with van der Waals surface area (Å²) in [6.45, 7) is 0.747. The molecule has 0 radical (unpaired) electrons. The van der Waals surface area contributed by atoms with Gasteiger partial charge in [0.05, 0.1) is 5.60 Å². The van der Waals surface area contributed by atoms with Crippen LogP contribution in [0.2, 0.25) is 0 Å². The van der Waals surface area contributed by atoms with Crippen molar-refractivity contribution in [3.8, 4) is 0 Å². The van der Waals surface area contributed by atoms with Crippen LogP contribution in [0, 0.1) is 0 Å². The van der Waals surface area contributed by atoms with Crippen LogP contribution in [0.15, 0.2) is 29.2 Å². The van der Waals surface area contributed by atoms with Crippen molar-refractivity contribution >= 4 is 11.8 Å². The molecule has 2 N–H and O–H groups in total. The van der Waals surface area contributed by atoms with E-state index in [2.05, 4.69) is 29.6 Å². The van der Waals surface area contributed by atoms with Crippen LogP contribution in [-0.4, -0.2) is 23.0 Å². The summed E-state index contributed by atoms with van der Waals surface area (Å²) in [7, 11) is 0. The molecule has 2 nitrogen and oxygen atoms in total. The highest BCUT2D eigenvalue weighted by atomic mass is 32.2. The lowest BCUT2D eigenvalue weighted by Crippen LogP contribution is -2.40. The zero-order chi connectivity index (χ0) is 12.4. The number of hydrogen-bond donors (Lipinski definition) is 2. The third-order valence-electron chi connectivity index (χ3n) is 4.17. The van der Waals surface area contributed by atoms with Gasteiger partial charge in [0, 0.05) is 17.5 Å². The van der Waals surface area contributed by atoms with Crippen LogP contribution in [0.3, 0.4) is 0 Å². The van der Waals surface area contributed by atoms with Gasteiger partial charge in [-0.25, -0.2) is 0 Å². The summed E-state index contributed by atoms with van der Waals surface area (Å²) < 4.78 is 0. The average molecular weight is 263 g/mol. The number of hydrogen-bond acceptors (Lipinski definition) is 3. The smallest absolute Gasteiger partial charge is 0.0771 e. The molecule has 1 fully saturated rings. The van der Waals surface area contributed by atoms with E-state index in [-0.39, 0.29) is 0 Å². The Morgan fingerprint density at radius 2 is 2.06 bits per heavy atom. The van der Waals surface area contributed by atoms with Crippen molar-refractivity contribution in [2.45, 2.75) is 48.6 Å². The number of aliphatic hydroxyl groups is 1. The fraction of sp³-hybridized carbons (Fsp3) is 0.600. The Morgan fingerprint density at radius 3 is 2.89 bits per heavy atom. The molecule has 1 aliphatic heterocycles. The van der Waals surface area contributed by atoms with E-state index in [4.69, 9.17) is 0 Å². The van der Waals surface area contributed by atoms with Crippen LogP contribution in [0.4, 0.5) is 0 Å². The Balaban J connectivity index is 1.67. The van der Waals surface area contributed by atoms with Crippen LogP contribution in [0.5, 0.6) is 0 Å². The van der Waals surface area contributed by atoms with Gasteiger partial charge in [0.1, 0.15) is 0 Å². The van der Waals surface area contributed by atoms with E-state index >= 15 is 0 Å². The van der Waals surface area contributed by atoms with E-state index < -0.39 is 5.60 Å². The van der Waals surface area contributed by atoms with Gasteiger partial charge < -0.3 is 10.4 Å². The maximum absolute atomic E-state index is 10.4. The molecule has 0 amide bonds. The molecule has 1 aromatic rings. The monoisotopic (exact) mass is 263 g/mol. The van der Waals surface area contributed by atoms with Crippen molar-refractivity contribution in [2.75, 3.05) is 12.3 Å². The number of fused-ring (bicyclic) bond motifs is 1. The zero-order valence-corrected chi connectivity index (χ0v) is 11.5. The minimum absolute atomic E-state index is 0.423. The topological polar surface area (TPSA) is 32.3 Å². The van der Waals surface area contributed by atoms with Gasteiger partial charge >= 0.3 is 0 Å². The lowest BCUT2D eigenvalue weighted by molar-refractivity contribution is 0.0445. The lowest BCUT2D eigenvalue weighted by Gasteiger charge is -2.30. The first-order chi connectivity index (χ1) is 8.77. The minimum atomic E-state index is -0.445. The second-order valence-corrected chi connectivity index (χ2v) is 6.68. The normalized spacial score (nSPS) is 25.9. The second-order valence-electron chi connectivity index (χ2n) is 5.54. The number of rotatable bonds is 3. The first-order valence-electron chi connectivity index (χ1n) is 6.94. The fourth-order valence-corrected chi connectivity index (χ4v) is 4.20. The summed E-state index contributed by atoms with van der Waals surface area (Å²) in [5.41, 5.74) is 0.967. The molecule has 1 heterocycles. The summed E-state index contributed by atoms with van der Waals surface area (Å²) in [6, 6.07) is 9.07. The minimum Gasteiger partial charge on any atom is -0.389 e. The van der Waals surface area contributed by atoms with E-state index in [1.165, 1.54) is 29.1 Å². The van der Waals surface area contributed by atoms with Crippen LogP contribution in [0.25, 0.3) is 0 Å². The molecule has 1 aliphatic carbocycles. The number of benzene rings is 1. The molecular weight excluding hydrogens is 242 g/mol. The predicted molar refractivity (Wildman–Crippen MR) is 75.9 cm³/mol. The summed E-state index contributed by atoms with van der Waals surface area (Å²) >= 11 is 1.95. The van der Waals surface area contributed by atoms with Gasteiger partial charge in [-0.05, 0) is 36.6 Å². The predicted octanol–water partition coefficient (Wildman–Crippen LogP) is 3.12. The van der Waals surface area contributed by atoms with Gasteiger partial charge in [-0.15, -0.1) is 11.8 Å².